The van der Waals surface area contributed by atoms with Gasteiger partial charge < -0.3 is 5.32 Å². The smallest absolute Gasteiger partial charge is 0.361 e. The van der Waals surface area contributed by atoms with E-state index in [9.17, 15) is 26.4 Å². The van der Waals surface area contributed by atoms with Gasteiger partial charge in [-0.05, 0) is 49.4 Å². The molecule has 1 fully saturated rings. The van der Waals surface area contributed by atoms with Gasteiger partial charge in [-0.25, -0.2) is 13.4 Å². The Balaban J connectivity index is 1.33. The number of piperidine rings is 1. The second kappa shape index (κ2) is 10.5. The van der Waals surface area contributed by atoms with Gasteiger partial charge >= 0.3 is 6.18 Å². The van der Waals surface area contributed by atoms with E-state index in [1.807, 2.05) is 25.1 Å². The van der Waals surface area contributed by atoms with Gasteiger partial charge in [0.1, 0.15) is 4.90 Å². The first kappa shape index (κ1) is 26.6. The van der Waals surface area contributed by atoms with E-state index in [1.54, 1.807) is 12.3 Å². The number of ketones is 1. The molecular formula is C24H23ClF3N3O3S2. The van der Waals surface area contributed by atoms with Crippen LogP contribution in [0.4, 0.5) is 18.3 Å². The second-order valence-corrected chi connectivity index (χ2v) is 11.9. The molecule has 1 N–H and O–H groups in total. The predicted molar refractivity (Wildman–Crippen MR) is 133 cm³/mol. The quantitative estimate of drug-likeness (QED) is 0.368. The first-order valence-corrected chi connectivity index (χ1v) is 13.8. The normalized spacial score (nSPS) is 15.7. The summed E-state index contributed by atoms with van der Waals surface area (Å²) in [6.45, 7) is 2.88. The number of nitrogens with zero attached hydrogens (tertiary/aromatic N) is 2. The maximum absolute atomic E-state index is 13.0. The van der Waals surface area contributed by atoms with Gasteiger partial charge in [0.05, 0.1) is 21.7 Å². The average Bonchev–Trinajstić information content (AvgIpc) is 3.31. The Hall–Kier alpha value is -2.47. The molecule has 36 heavy (non-hydrogen) atoms. The Labute approximate surface area is 216 Å². The van der Waals surface area contributed by atoms with Crippen molar-refractivity contribution >= 4 is 43.9 Å². The number of carbonyl (C=O) groups excluding carboxylic acids is 1. The lowest BCUT2D eigenvalue weighted by Crippen LogP contribution is -2.40. The van der Waals surface area contributed by atoms with Crippen LogP contribution < -0.4 is 5.32 Å². The molecule has 0 amide bonds. The third-order valence-electron chi connectivity index (χ3n) is 6.11. The van der Waals surface area contributed by atoms with Gasteiger partial charge in [-0.1, -0.05) is 47.2 Å². The van der Waals surface area contributed by atoms with Gasteiger partial charge in [0.15, 0.2) is 5.13 Å². The van der Waals surface area contributed by atoms with Crippen molar-refractivity contribution in [3.8, 4) is 0 Å². The fourth-order valence-corrected chi connectivity index (χ4v) is 6.80. The molecule has 0 spiro atoms. The highest BCUT2D eigenvalue weighted by Gasteiger charge is 2.34. The fourth-order valence-electron chi connectivity index (χ4n) is 4.03. The third-order valence-corrected chi connectivity index (χ3v) is 9.45. The Bertz CT molecular complexity index is 1370. The summed E-state index contributed by atoms with van der Waals surface area (Å²) in [4.78, 5) is 17.2. The lowest BCUT2D eigenvalue weighted by Gasteiger charge is -2.31. The zero-order valence-corrected chi connectivity index (χ0v) is 21.6. The Kier molecular flexibility index (Phi) is 7.75. The van der Waals surface area contributed by atoms with E-state index < -0.39 is 26.8 Å². The van der Waals surface area contributed by atoms with Crippen LogP contribution in [0.5, 0.6) is 0 Å². The molecule has 0 saturated carbocycles. The zero-order valence-electron chi connectivity index (χ0n) is 19.2. The molecule has 1 saturated heterocycles. The number of hydrogen-bond donors (Lipinski definition) is 1. The first-order chi connectivity index (χ1) is 17.0. The number of carbonyl (C=O) groups is 1. The molecule has 6 nitrogen and oxygen atoms in total. The van der Waals surface area contributed by atoms with Gasteiger partial charge in [-0.3, -0.25) is 4.79 Å². The molecule has 192 valence electrons. The highest BCUT2D eigenvalue weighted by atomic mass is 35.5. The first-order valence-electron chi connectivity index (χ1n) is 11.1. The summed E-state index contributed by atoms with van der Waals surface area (Å²) < 4.78 is 65.8. The summed E-state index contributed by atoms with van der Waals surface area (Å²) in [6, 6.07) is 9.62. The summed E-state index contributed by atoms with van der Waals surface area (Å²) in [6.07, 6.45) is -1.94. The molecule has 2 aromatic carbocycles. The van der Waals surface area contributed by atoms with Crippen molar-refractivity contribution in [3.63, 3.8) is 0 Å². The third kappa shape index (κ3) is 5.74. The van der Waals surface area contributed by atoms with Gasteiger partial charge in [0.2, 0.25) is 15.8 Å². The van der Waals surface area contributed by atoms with Crippen LogP contribution in [0.25, 0.3) is 0 Å². The van der Waals surface area contributed by atoms with Crippen molar-refractivity contribution in [1.29, 1.82) is 0 Å². The van der Waals surface area contributed by atoms with Crippen LogP contribution in [-0.2, 0) is 16.2 Å². The van der Waals surface area contributed by atoms with Gasteiger partial charge in [-0.2, -0.15) is 17.5 Å². The minimum atomic E-state index is -4.61. The van der Waals surface area contributed by atoms with E-state index in [2.05, 4.69) is 10.3 Å². The van der Waals surface area contributed by atoms with Crippen LogP contribution in [-0.4, -0.2) is 43.1 Å². The SMILES string of the molecule is Cc1ccccc1C(=O)c1cnc(NCC2CCN(S(=O)(=O)c3ccc(C(F)(F)F)cc3Cl)CC2)s1. The number of hydrogen-bond acceptors (Lipinski definition) is 6. The van der Waals surface area contributed by atoms with Gasteiger partial charge in [0, 0.05) is 25.2 Å². The Morgan fingerprint density at radius 2 is 1.89 bits per heavy atom. The highest BCUT2D eigenvalue weighted by molar-refractivity contribution is 7.89. The zero-order chi connectivity index (χ0) is 26.1. The van der Waals surface area contributed by atoms with E-state index in [0.717, 1.165) is 17.7 Å². The number of rotatable bonds is 7. The number of benzene rings is 2. The molecule has 1 aliphatic rings. The number of sulfonamides is 1. The summed E-state index contributed by atoms with van der Waals surface area (Å²) in [5.74, 6) is 0.0815. The molecule has 1 aromatic heterocycles. The minimum Gasteiger partial charge on any atom is -0.361 e. The summed E-state index contributed by atoms with van der Waals surface area (Å²) in [7, 11) is -4.02. The van der Waals surface area contributed by atoms with Crippen molar-refractivity contribution in [1.82, 2.24) is 9.29 Å². The van der Waals surface area contributed by atoms with Gasteiger partial charge in [-0.15, -0.1) is 0 Å². The van der Waals surface area contributed by atoms with Crippen molar-refractivity contribution < 1.29 is 26.4 Å². The maximum Gasteiger partial charge on any atom is 0.416 e. The average molecular weight is 558 g/mol. The van der Waals surface area contributed by atoms with Crippen LogP contribution >= 0.6 is 22.9 Å². The molecule has 0 bridgehead atoms. The lowest BCUT2D eigenvalue weighted by molar-refractivity contribution is -0.137. The highest BCUT2D eigenvalue weighted by Crippen LogP contribution is 2.35. The molecule has 0 atom stereocenters. The summed E-state index contributed by atoms with van der Waals surface area (Å²) in [5, 5.41) is 3.39. The Morgan fingerprint density at radius 3 is 2.53 bits per heavy atom. The van der Waals surface area contributed by atoms with Crippen LogP contribution in [0.1, 0.15) is 39.2 Å². The Morgan fingerprint density at radius 1 is 1.19 bits per heavy atom. The summed E-state index contributed by atoms with van der Waals surface area (Å²) >= 11 is 7.18. The molecule has 12 heteroatoms. The van der Waals surface area contributed by atoms with E-state index in [4.69, 9.17) is 11.6 Å². The molecule has 0 radical (unpaired) electrons. The van der Waals surface area contributed by atoms with Crippen molar-refractivity contribution in [2.75, 3.05) is 25.0 Å². The molecule has 0 aliphatic carbocycles. The molecule has 2 heterocycles. The van der Waals surface area contributed by atoms with Crippen molar-refractivity contribution in [2.24, 2.45) is 5.92 Å². The van der Waals surface area contributed by atoms with E-state index in [1.165, 1.54) is 15.6 Å². The molecule has 3 aromatic rings. The standard InChI is InChI=1S/C24H23ClF3N3O3S2/c1-15-4-2-3-5-18(15)22(32)20-14-30-23(35-20)29-13-16-8-10-31(11-9-16)36(33,34)21-7-6-17(12-19(21)25)24(26,27)28/h2-7,12,14,16H,8-11,13H2,1H3,(H,29,30). The molecular weight excluding hydrogens is 535 g/mol. The van der Waals surface area contributed by atoms with Crippen LogP contribution in [0, 0.1) is 12.8 Å². The van der Waals surface area contributed by atoms with Crippen LogP contribution in [0.3, 0.4) is 0 Å². The topological polar surface area (TPSA) is 79.4 Å². The molecule has 4 rings (SSSR count). The van der Waals surface area contributed by atoms with Crippen LogP contribution in [0.2, 0.25) is 5.02 Å². The lowest BCUT2D eigenvalue weighted by atomic mass is 9.98. The molecule has 1 aliphatic heterocycles. The summed E-state index contributed by atoms with van der Waals surface area (Å²) in [5.41, 5.74) is 0.529. The predicted octanol–water partition coefficient (Wildman–Crippen LogP) is 5.87. The van der Waals surface area contributed by atoms with Crippen molar-refractivity contribution in [3.05, 3.63) is 75.3 Å². The number of aromatic nitrogens is 1. The largest absolute Gasteiger partial charge is 0.416 e. The number of thiazole rings is 1. The van der Waals surface area contributed by atoms with E-state index >= 15 is 0 Å². The number of nitrogens with one attached hydrogen (secondary N) is 1. The second-order valence-electron chi connectivity index (χ2n) is 8.55. The minimum absolute atomic E-state index is 0.0842. The number of halogens is 4. The number of aryl methyl sites for hydroxylation is 1. The number of anilines is 1. The van der Waals surface area contributed by atoms with E-state index in [-0.39, 0.29) is 29.7 Å². The maximum atomic E-state index is 13.0. The van der Waals surface area contributed by atoms with E-state index in [0.29, 0.717) is 41.0 Å². The fraction of sp³-hybridized carbons (Fsp3) is 0.333. The molecule has 0 unspecified atom stereocenters. The van der Waals surface area contributed by atoms with Gasteiger partial charge in [0.25, 0.3) is 0 Å². The van der Waals surface area contributed by atoms with Crippen molar-refractivity contribution in [2.45, 2.75) is 30.8 Å². The number of alkyl halides is 3. The van der Waals surface area contributed by atoms with Crippen LogP contribution in [0.15, 0.2) is 53.6 Å². The monoisotopic (exact) mass is 557 g/mol.